The molecule has 2 rings (SSSR count). The monoisotopic (exact) mass is 309 g/mol. The molecule has 0 bridgehead atoms. The zero-order valence-corrected chi connectivity index (χ0v) is 12.0. The third-order valence-electron chi connectivity index (χ3n) is 2.59. The third kappa shape index (κ3) is 3.73. The Kier molecular flexibility index (Phi) is 4.19. The van der Waals surface area contributed by atoms with Crippen LogP contribution in [-0.4, -0.2) is 9.97 Å². The van der Waals surface area contributed by atoms with Gasteiger partial charge in [-0.2, -0.15) is 18.4 Å². The Hall–Kier alpha value is -2.07. The molecule has 21 heavy (non-hydrogen) atoms. The summed E-state index contributed by atoms with van der Waals surface area (Å²) in [6.45, 7) is 3.60. The quantitative estimate of drug-likeness (QED) is 0.782. The zero-order chi connectivity index (χ0) is 15.6. The molecule has 1 heterocycles. The first-order chi connectivity index (χ1) is 9.79. The highest BCUT2D eigenvalue weighted by Gasteiger charge is 2.31. The number of hydrogen-bond donors (Lipinski definition) is 0. The molecule has 0 radical (unpaired) electrons. The smallest absolute Gasteiger partial charge is 0.228 e. The van der Waals surface area contributed by atoms with Crippen LogP contribution in [0.15, 0.2) is 34.3 Å². The van der Waals surface area contributed by atoms with Crippen molar-refractivity contribution in [3.05, 3.63) is 46.8 Å². The molecule has 0 aliphatic carbocycles. The molecule has 108 valence electrons. The summed E-state index contributed by atoms with van der Waals surface area (Å²) in [7, 11) is 0. The van der Waals surface area contributed by atoms with Gasteiger partial charge in [0.05, 0.1) is 11.1 Å². The van der Waals surface area contributed by atoms with Crippen molar-refractivity contribution in [1.82, 2.24) is 9.97 Å². The van der Waals surface area contributed by atoms with Gasteiger partial charge in [-0.15, -0.1) is 0 Å². The van der Waals surface area contributed by atoms with E-state index >= 15 is 0 Å². The minimum absolute atomic E-state index is 0.0439. The van der Waals surface area contributed by atoms with Crippen molar-refractivity contribution in [2.45, 2.75) is 30.1 Å². The van der Waals surface area contributed by atoms with Crippen molar-refractivity contribution in [1.29, 1.82) is 5.26 Å². The summed E-state index contributed by atoms with van der Waals surface area (Å²) in [6, 6.07) is 6.63. The Balaban J connectivity index is 2.39. The summed E-state index contributed by atoms with van der Waals surface area (Å²) in [5.41, 5.74) is 0.633. The minimum atomic E-state index is -4.47. The number of rotatable bonds is 2. The summed E-state index contributed by atoms with van der Waals surface area (Å²) in [6.07, 6.45) is -4.47. The Morgan fingerprint density at radius 2 is 1.71 bits per heavy atom. The lowest BCUT2D eigenvalue weighted by molar-refractivity contribution is -0.137. The third-order valence-corrected chi connectivity index (χ3v) is 3.53. The second kappa shape index (κ2) is 5.74. The fourth-order valence-corrected chi connectivity index (χ4v) is 2.65. The van der Waals surface area contributed by atoms with Crippen LogP contribution in [0.3, 0.4) is 0 Å². The Labute approximate surface area is 123 Å². The first-order valence-corrected chi connectivity index (χ1v) is 6.73. The Morgan fingerprint density at radius 3 is 2.24 bits per heavy atom. The van der Waals surface area contributed by atoms with E-state index in [4.69, 9.17) is 5.26 Å². The van der Waals surface area contributed by atoms with E-state index in [1.807, 2.05) is 0 Å². The van der Waals surface area contributed by atoms with Crippen molar-refractivity contribution in [2.75, 3.05) is 0 Å². The summed E-state index contributed by atoms with van der Waals surface area (Å²) in [5.74, 6) is 0. The molecular formula is C14H10F3N3S. The SMILES string of the molecule is Cc1cc(C)nc(Sc2ccc(C(F)(F)F)cc2C#N)n1. The van der Waals surface area contributed by atoms with Gasteiger partial charge in [-0.25, -0.2) is 9.97 Å². The molecule has 0 saturated carbocycles. The minimum Gasteiger partial charge on any atom is -0.228 e. The number of aryl methyl sites for hydroxylation is 2. The molecule has 1 aromatic carbocycles. The fraction of sp³-hybridized carbons (Fsp3) is 0.214. The van der Waals surface area contributed by atoms with Crippen LogP contribution in [0.25, 0.3) is 0 Å². The topological polar surface area (TPSA) is 49.6 Å². The van der Waals surface area contributed by atoms with Gasteiger partial charge in [0.2, 0.25) is 0 Å². The highest BCUT2D eigenvalue weighted by atomic mass is 32.2. The first kappa shape index (κ1) is 15.3. The Morgan fingerprint density at radius 1 is 1.10 bits per heavy atom. The lowest BCUT2D eigenvalue weighted by Crippen LogP contribution is -2.05. The summed E-state index contributed by atoms with van der Waals surface area (Å²) in [5, 5.41) is 9.43. The fourth-order valence-electron chi connectivity index (χ4n) is 1.72. The molecular weight excluding hydrogens is 299 g/mol. The molecule has 0 spiro atoms. The van der Waals surface area contributed by atoms with E-state index in [-0.39, 0.29) is 5.56 Å². The maximum Gasteiger partial charge on any atom is 0.416 e. The van der Waals surface area contributed by atoms with Gasteiger partial charge in [-0.1, -0.05) is 0 Å². The number of alkyl halides is 3. The van der Waals surface area contributed by atoms with Crippen LogP contribution in [0, 0.1) is 25.2 Å². The molecule has 0 fully saturated rings. The number of nitriles is 1. The lowest BCUT2D eigenvalue weighted by atomic mass is 10.1. The average molecular weight is 309 g/mol. The van der Waals surface area contributed by atoms with Crippen LogP contribution in [-0.2, 0) is 6.18 Å². The Bertz CT molecular complexity index is 700. The van der Waals surface area contributed by atoms with Crippen LogP contribution in [0.5, 0.6) is 0 Å². The molecule has 0 aliphatic heterocycles. The van der Waals surface area contributed by atoms with Crippen molar-refractivity contribution in [3.63, 3.8) is 0 Å². The predicted octanol–water partition coefficient (Wildman–Crippen LogP) is 4.14. The highest BCUT2D eigenvalue weighted by Crippen LogP contribution is 2.34. The van der Waals surface area contributed by atoms with Gasteiger partial charge in [0.1, 0.15) is 6.07 Å². The van der Waals surface area contributed by atoms with Gasteiger partial charge < -0.3 is 0 Å². The molecule has 1 aromatic heterocycles. The van der Waals surface area contributed by atoms with Crippen molar-refractivity contribution in [3.8, 4) is 6.07 Å². The number of hydrogen-bond acceptors (Lipinski definition) is 4. The van der Waals surface area contributed by atoms with E-state index in [2.05, 4.69) is 9.97 Å². The molecule has 7 heteroatoms. The van der Waals surface area contributed by atoms with E-state index in [0.717, 1.165) is 35.3 Å². The summed E-state index contributed by atoms with van der Waals surface area (Å²) in [4.78, 5) is 8.79. The van der Waals surface area contributed by atoms with Gasteiger partial charge in [0.25, 0.3) is 0 Å². The number of benzene rings is 1. The van der Waals surface area contributed by atoms with E-state index in [1.165, 1.54) is 6.07 Å². The van der Waals surface area contributed by atoms with E-state index < -0.39 is 11.7 Å². The van der Waals surface area contributed by atoms with Crippen LogP contribution in [0.1, 0.15) is 22.5 Å². The molecule has 0 atom stereocenters. The van der Waals surface area contributed by atoms with Gasteiger partial charge in [-0.3, -0.25) is 0 Å². The predicted molar refractivity (Wildman–Crippen MR) is 71.8 cm³/mol. The van der Waals surface area contributed by atoms with Crippen LogP contribution in [0.2, 0.25) is 0 Å². The molecule has 0 unspecified atom stereocenters. The molecule has 0 saturated heterocycles. The van der Waals surface area contributed by atoms with Gasteiger partial charge in [0, 0.05) is 16.3 Å². The normalized spacial score (nSPS) is 11.2. The molecule has 0 aliphatic rings. The van der Waals surface area contributed by atoms with E-state index in [9.17, 15) is 13.2 Å². The van der Waals surface area contributed by atoms with E-state index in [0.29, 0.717) is 10.1 Å². The summed E-state index contributed by atoms with van der Waals surface area (Å²) >= 11 is 1.07. The van der Waals surface area contributed by atoms with Crippen molar-refractivity contribution >= 4 is 11.8 Å². The standard InChI is InChI=1S/C14H10F3N3S/c1-8-5-9(2)20-13(19-8)21-12-4-3-11(14(15,16)17)6-10(12)7-18/h3-6H,1-2H3. The molecule has 0 N–H and O–H groups in total. The maximum absolute atomic E-state index is 12.6. The number of nitrogens with zero attached hydrogens (tertiary/aromatic N) is 3. The largest absolute Gasteiger partial charge is 0.416 e. The second-order valence-electron chi connectivity index (χ2n) is 4.36. The van der Waals surface area contributed by atoms with Crippen molar-refractivity contribution < 1.29 is 13.2 Å². The number of halogens is 3. The van der Waals surface area contributed by atoms with Gasteiger partial charge >= 0.3 is 6.18 Å². The number of aromatic nitrogens is 2. The second-order valence-corrected chi connectivity index (χ2v) is 5.36. The van der Waals surface area contributed by atoms with Crippen LogP contribution in [0.4, 0.5) is 13.2 Å². The molecule has 3 nitrogen and oxygen atoms in total. The summed E-state index contributed by atoms with van der Waals surface area (Å²) < 4.78 is 37.9. The maximum atomic E-state index is 12.6. The van der Waals surface area contributed by atoms with Gasteiger partial charge in [-0.05, 0) is 49.9 Å². The first-order valence-electron chi connectivity index (χ1n) is 5.91. The van der Waals surface area contributed by atoms with Gasteiger partial charge in [0.15, 0.2) is 5.16 Å². The van der Waals surface area contributed by atoms with Crippen molar-refractivity contribution in [2.24, 2.45) is 0 Å². The molecule has 2 aromatic rings. The highest BCUT2D eigenvalue weighted by molar-refractivity contribution is 7.99. The van der Waals surface area contributed by atoms with Crippen LogP contribution >= 0.6 is 11.8 Å². The molecule has 0 amide bonds. The zero-order valence-electron chi connectivity index (χ0n) is 11.2. The van der Waals surface area contributed by atoms with Crippen LogP contribution < -0.4 is 0 Å². The lowest BCUT2D eigenvalue weighted by Gasteiger charge is -2.09. The average Bonchev–Trinajstić information content (AvgIpc) is 2.36. The van der Waals surface area contributed by atoms with E-state index in [1.54, 1.807) is 26.0 Å².